The quantitative estimate of drug-likeness (QED) is 0.374. The van der Waals surface area contributed by atoms with Crippen molar-refractivity contribution in [1.29, 1.82) is 0 Å². The van der Waals surface area contributed by atoms with Crippen LogP contribution in [0.15, 0.2) is 30.3 Å². The standard InChI is InChI=1S/C8H11Si.3C4H9.Sn/c1-9(2)8-6-4-3-5-7-8;3*1-3-4-2;/h3-7H,1-2H3;3*1,3-4H2,2H3;/q-1;;;;+1. The summed E-state index contributed by atoms with van der Waals surface area (Å²) >= 11 is -0.839. The van der Waals surface area contributed by atoms with Crippen molar-refractivity contribution < 1.29 is 0 Å². The molecule has 0 heterocycles. The maximum absolute atomic E-state index is 2.33. The number of hydrogen-bond acceptors (Lipinski definition) is 0. The van der Waals surface area contributed by atoms with E-state index in [1.807, 2.05) is 0 Å². The number of hydrogen-bond donors (Lipinski definition) is 0. The molecule has 22 heavy (non-hydrogen) atoms. The first-order valence-corrected chi connectivity index (χ1v) is 17.9. The van der Waals surface area contributed by atoms with Crippen molar-refractivity contribution >= 4 is 33.7 Å². The predicted molar refractivity (Wildman–Crippen MR) is 108 cm³/mol. The van der Waals surface area contributed by atoms with Gasteiger partial charge < -0.3 is 0 Å². The average Bonchev–Trinajstić information content (AvgIpc) is 2.55. The van der Waals surface area contributed by atoms with E-state index in [4.69, 9.17) is 0 Å². The fraction of sp³-hybridized carbons (Fsp3) is 0.700. The van der Waals surface area contributed by atoms with Crippen LogP contribution in [0.4, 0.5) is 0 Å². The maximum Gasteiger partial charge on any atom is -0.0625 e. The van der Waals surface area contributed by atoms with Gasteiger partial charge in [-0.25, -0.2) is 0 Å². The normalized spacial score (nSPS) is 9.86. The largest absolute Gasteiger partial charge is 0.292 e. The Balaban J connectivity index is 0.000000425. The molecule has 2 heteroatoms. The summed E-state index contributed by atoms with van der Waals surface area (Å²) in [5, 5.41) is 1.52. The Bertz CT molecular complexity index is 305. The molecule has 0 saturated carbocycles. The van der Waals surface area contributed by atoms with Crippen LogP contribution in [-0.2, 0) is 0 Å². The molecule has 0 aromatic heterocycles. The first-order chi connectivity index (χ1) is 10.7. The van der Waals surface area contributed by atoms with Gasteiger partial charge in [0.25, 0.3) is 0 Å². The van der Waals surface area contributed by atoms with Crippen molar-refractivity contribution in [3.05, 3.63) is 30.3 Å². The Labute approximate surface area is 149 Å². The van der Waals surface area contributed by atoms with Gasteiger partial charge in [0, 0.05) is 0 Å². The molecular weight excluding hydrogens is 387 g/mol. The van der Waals surface area contributed by atoms with Crippen molar-refractivity contribution in [3.63, 3.8) is 0 Å². The molecule has 0 aliphatic carbocycles. The van der Waals surface area contributed by atoms with Crippen LogP contribution >= 0.6 is 0 Å². The van der Waals surface area contributed by atoms with Crippen molar-refractivity contribution in [2.24, 2.45) is 0 Å². The number of unbranched alkanes of at least 4 members (excludes halogenated alkanes) is 3. The van der Waals surface area contributed by atoms with Gasteiger partial charge in [0.2, 0.25) is 0 Å². The van der Waals surface area contributed by atoms with Crippen LogP contribution < -0.4 is 5.19 Å². The molecule has 0 nitrogen and oxygen atoms in total. The zero-order valence-electron chi connectivity index (χ0n) is 15.8. The zero-order chi connectivity index (χ0) is 16.6. The van der Waals surface area contributed by atoms with Crippen LogP contribution in [0.5, 0.6) is 0 Å². The monoisotopic (exact) mass is 426 g/mol. The van der Waals surface area contributed by atoms with Crippen molar-refractivity contribution in [1.82, 2.24) is 0 Å². The summed E-state index contributed by atoms with van der Waals surface area (Å²) in [7, 11) is -0.212. The minimum Gasteiger partial charge on any atom is -0.292 e. The second kappa shape index (κ2) is 16.1. The van der Waals surface area contributed by atoms with Gasteiger partial charge in [0.1, 0.15) is 0 Å². The molecule has 0 aliphatic rings. The number of rotatable bonds is 10. The summed E-state index contributed by atoms with van der Waals surface area (Å²) < 4.78 is 5.04. The Hall–Kier alpha value is 0.236. The summed E-state index contributed by atoms with van der Waals surface area (Å²) in [5.74, 6) is 0. The van der Waals surface area contributed by atoms with Crippen LogP contribution in [0.25, 0.3) is 0 Å². The summed E-state index contributed by atoms with van der Waals surface area (Å²) in [5.41, 5.74) is 0. The minimum absolute atomic E-state index is 0.212. The van der Waals surface area contributed by atoms with Crippen LogP contribution in [0.2, 0.25) is 26.4 Å². The van der Waals surface area contributed by atoms with Crippen LogP contribution in [0.3, 0.4) is 0 Å². The van der Waals surface area contributed by atoms with Crippen molar-refractivity contribution in [2.45, 2.75) is 85.7 Å². The third-order valence-electron chi connectivity index (χ3n) is 4.00. The van der Waals surface area contributed by atoms with Crippen molar-refractivity contribution in [2.75, 3.05) is 0 Å². The van der Waals surface area contributed by atoms with E-state index in [-0.39, 0.29) is 8.80 Å². The SMILES string of the molecule is CCC[CH2][Sn+]([CH2]CCC)[CH2]CCC.C[Si-](C)c1ccccc1. The second-order valence-corrected chi connectivity index (χ2v) is 17.6. The van der Waals surface area contributed by atoms with Gasteiger partial charge in [-0.15, -0.1) is 0 Å². The average molecular weight is 425 g/mol. The zero-order valence-corrected chi connectivity index (χ0v) is 19.6. The molecule has 0 saturated heterocycles. The molecule has 0 fully saturated rings. The van der Waals surface area contributed by atoms with E-state index in [9.17, 15) is 0 Å². The summed E-state index contributed by atoms with van der Waals surface area (Å²) in [6.07, 6.45) is 8.85. The molecule has 0 bridgehead atoms. The smallest absolute Gasteiger partial charge is 0.0625 e. The summed E-state index contributed by atoms with van der Waals surface area (Å²) in [6, 6.07) is 10.7. The van der Waals surface area contributed by atoms with E-state index >= 15 is 0 Å². The first-order valence-electron chi connectivity index (χ1n) is 9.34. The Morgan fingerprint density at radius 1 is 0.727 bits per heavy atom. The third-order valence-corrected chi connectivity index (χ3v) is 14.6. The molecule has 0 N–H and O–H groups in total. The van der Waals surface area contributed by atoms with Crippen molar-refractivity contribution in [3.8, 4) is 0 Å². The molecular formula is C20H38SiSn. The molecule has 0 radical (unpaired) electrons. The second-order valence-electron chi connectivity index (χ2n) is 6.43. The molecule has 126 valence electrons. The summed E-state index contributed by atoms with van der Waals surface area (Å²) in [4.78, 5) is 0. The van der Waals surface area contributed by atoms with Gasteiger partial charge in [-0.3, -0.25) is 8.80 Å². The van der Waals surface area contributed by atoms with E-state index in [2.05, 4.69) is 64.2 Å². The van der Waals surface area contributed by atoms with E-state index in [0.29, 0.717) is 0 Å². The van der Waals surface area contributed by atoms with Gasteiger partial charge in [0.05, 0.1) is 0 Å². The van der Waals surface area contributed by atoms with Crippen LogP contribution in [0, 0.1) is 0 Å². The molecule has 1 aromatic rings. The van der Waals surface area contributed by atoms with Crippen LogP contribution in [-0.4, -0.2) is 28.6 Å². The molecule has 1 aromatic carbocycles. The fourth-order valence-electron chi connectivity index (χ4n) is 2.43. The summed E-state index contributed by atoms with van der Waals surface area (Å²) in [6.45, 7) is 11.6. The topological polar surface area (TPSA) is 0 Å². The molecule has 0 atom stereocenters. The molecule has 0 amide bonds. The molecule has 0 unspecified atom stereocenters. The predicted octanol–water partition coefficient (Wildman–Crippen LogP) is 6.53. The first kappa shape index (κ1) is 22.2. The van der Waals surface area contributed by atoms with E-state index in [1.165, 1.54) is 43.7 Å². The van der Waals surface area contributed by atoms with E-state index < -0.39 is 19.8 Å². The van der Waals surface area contributed by atoms with E-state index in [1.54, 1.807) is 13.3 Å². The number of benzene rings is 1. The minimum atomic E-state index is -0.839. The Kier molecular flexibility index (Phi) is 16.3. The molecule has 1 rings (SSSR count). The van der Waals surface area contributed by atoms with Gasteiger partial charge in [-0.2, -0.15) is 18.3 Å². The Morgan fingerprint density at radius 2 is 1.14 bits per heavy atom. The van der Waals surface area contributed by atoms with E-state index in [0.717, 1.165) is 0 Å². The fourth-order valence-corrected chi connectivity index (χ4v) is 12.7. The molecule has 0 spiro atoms. The molecule has 0 aliphatic heterocycles. The van der Waals surface area contributed by atoms with Gasteiger partial charge in [-0.05, 0) is 0 Å². The van der Waals surface area contributed by atoms with Crippen LogP contribution in [0.1, 0.15) is 59.3 Å². The maximum atomic E-state index is 2.33. The van der Waals surface area contributed by atoms with Gasteiger partial charge in [0.15, 0.2) is 0 Å². The van der Waals surface area contributed by atoms with Gasteiger partial charge in [-0.1, -0.05) is 30.3 Å². The van der Waals surface area contributed by atoms with Gasteiger partial charge >= 0.3 is 92.4 Å². The Morgan fingerprint density at radius 3 is 1.41 bits per heavy atom. The third kappa shape index (κ3) is 12.7.